The summed E-state index contributed by atoms with van der Waals surface area (Å²) in [5, 5.41) is 0. The summed E-state index contributed by atoms with van der Waals surface area (Å²) < 4.78 is 0. The Balaban J connectivity index is 2.12. The molecule has 0 N–H and O–H groups in total. The standard InChI is InChI=1S/C10H16O/c11-9-5-4-8-10(9)6-2-1-3-7-10/h1-8H2. The Kier molecular flexibility index (Phi) is 1.74. The third kappa shape index (κ3) is 1.11. The molecule has 0 unspecified atom stereocenters. The first-order valence-corrected chi connectivity index (χ1v) is 4.87. The molecule has 2 saturated carbocycles. The summed E-state index contributed by atoms with van der Waals surface area (Å²) in [4.78, 5) is 11.6. The minimum absolute atomic E-state index is 0.193. The van der Waals surface area contributed by atoms with Crippen molar-refractivity contribution in [2.45, 2.75) is 51.4 Å². The number of hydrogen-bond acceptors (Lipinski definition) is 1. The van der Waals surface area contributed by atoms with E-state index in [-0.39, 0.29) is 5.41 Å². The molecule has 1 spiro atoms. The van der Waals surface area contributed by atoms with Gasteiger partial charge in [-0.2, -0.15) is 0 Å². The van der Waals surface area contributed by atoms with E-state index in [2.05, 4.69) is 0 Å². The first kappa shape index (κ1) is 7.33. The molecule has 2 aliphatic carbocycles. The summed E-state index contributed by atoms with van der Waals surface area (Å²) >= 11 is 0. The van der Waals surface area contributed by atoms with Gasteiger partial charge in [-0.1, -0.05) is 19.3 Å². The second-order valence-electron chi connectivity index (χ2n) is 4.12. The van der Waals surface area contributed by atoms with Crippen LogP contribution in [0.25, 0.3) is 0 Å². The molecular formula is C10H16O. The Morgan fingerprint density at radius 1 is 0.909 bits per heavy atom. The van der Waals surface area contributed by atoms with Gasteiger partial charge in [0.05, 0.1) is 0 Å². The summed E-state index contributed by atoms with van der Waals surface area (Å²) in [6, 6.07) is 0. The minimum Gasteiger partial charge on any atom is -0.299 e. The van der Waals surface area contributed by atoms with Crippen molar-refractivity contribution in [2.75, 3.05) is 0 Å². The van der Waals surface area contributed by atoms with E-state index in [0.29, 0.717) is 5.78 Å². The summed E-state index contributed by atoms with van der Waals surface area (Å²) in [6.45, 7) is 0. The number of carbonyl (C=O) groups is 1. The minimum atomic E-state index is 0.193. The number of hydrogen-bond donors (Lipinski definition) is 0. The van der Waals surface area contributed by atoms with Gasteiger partial charge in [0.25, 0.3) is 0 Å². The molecule has 2 aliphatic rings. The lowest BCUT2D eigenvalue weighted by Gasteiger charge is -2.31. The fourth-order valence-corrected chi connectivity index (χ4v) is 2.75. The van der Waals surface area contributed by atoms with Crippen LogP contribution in [-0.2, 0) is 4.79 Å². The lowest BCUT2D eigenvalue weighted by Crippen LogP contribution is -2.28. The predicted octanol–water partition coefficient (Wildman–Crippen LogP) is 2.69. The monoisotopic (exact) mass is 152 g/mol. The molecule has 0 radical (unpaired) electrons. The second-order valence-corrected chi connectivity index (χ2v) is 4.12. The number of Topliss-reactive ketones (excluding diaryl/α,β-unsaturated/α-hetero) is 1. The molecule has 11 heavy (non-hydrogen) atoms. The zero-order chi connectivity index (χ0) is 7.73. The fraction of sp³-hybridized carbons (Fsp3) is 0.900. The molecule has 1 nitrogen and oxygen atoms in total. The lowest BCUT2D eigenvalue weighted by molar-refractivity contribution is -0.127. The molecule has 1 heteroatoms. The number of rotatable bonds is 0. The van der Waals surface area contributed by atoms with Gasteiger partial charge in [-0.25, -0.2) is 0 Å². The van der Waals surface area contributed by atoms with Crippen molar-refractivity contribution in [1.82, 2.24) is 0 Å². The van der Waals surface area contributed by atoms with E-state index < -0.39 is 0 Å². The van der Waals surface area contributed by atoms with Crippen molar-refractivity contribution < 1.29 is 4.79 Å². The molecule has 2 rings (SSSR count). The second kappa shape index (κ2) is 2.62. The van der Waals surface area contributed by atoms with Crippen LogP contribution >= 0.6 is 0 Å². The van der Waals surface area contributed by atoms with Gasteiger partial charge in [0.15, 0.2) is 0 Å². The van der Waals surface area contributed by atoms with Gasteiger partial charge in [-0.3, -0.25) is 4.79 Å². The van der Waals surface area contributed by atoms with Crippen molar-refractivity contribution in [3.63, 3.8) is 0 Å². The van der Waals surface area contributed by atoms with Crippen LogP contribution in [0.15, 0.2) is 0 Å². The van der Waals surface area contributed by atoms with E-state index in [4.69, 9.17) is 0 Å². The Hall–Kier alpha value is -0.330. The van der Waals surface area contributed by atoms with Gasteiger partial charge < -0.3 is 0 Å². The van der Waals surface area contributed by atoms with Gasteiger partial charge in [-0.15, -0.1) is 0 Å². The van der Waals surface area contributed by atoms with Crippen molar-refractivity contribution in [1.29, 1.82) is 0 Å². The number of ketones is 1. The van der Waals surface area contributed by atoms with E-state index in [1.54, 1.807) is 0 Å². The third-order valence-corrected chi connectivity index (χ3v) is 3.46. The van der Waals surface area contributed by atoms with Gasteiger partial charge in [0, 0.05) is 11.8 Å². The topological polar surface area (TPSA) is 17.1 Å². The van der Waals surface area contributed by atoms with Crippen LogP contribution in [0.2, 0.25) is 0 Å². The normalized spacial score (nSPS) is 29.6. The van der Waals surface area contributed by atoms with E-state index in [0.717, 1.165) is 6.42 Å². The van der Waals surface area contributed by atoms with Crippen LogP contribution in [0.1, 0.15) is 51.4 Å². The molecule has 0 aromatic heterocycles. The van der Waals surface area contributed by atoms with Crippen LogP contribution in [0.3, 0.4) is 0 Å². The maximum Gasteiger partial charge on any atom is 0.139 e. The molecule has 0 atom stereocenters. The molecule has 0 aromatic rings. The predicted molar refractivity (Wildman–Crippen MR) is 44.4 cm³/mol. The molecule has 0 bridgehead atoms. The molecule has 62 valence electrons. The third-order valence-electron chi connectivity index (χ3n) is 3.46. The van der Waals surface area contributed by atoms with Crippen LogP contribution < -0.4 is 0 Å². The average molecular weight is 152 g/mol. The Morgan fingerprint density at radius 3 is 2.09 bits per heavy atom. The zero-order valence-electron chi connectivity index (χ0n) is 7.07. The Labute approximate surface area is 68.2 Å². The Bertz CT molecular complexity index is 166. The summed E-state index contributed by atoms with van der Waals surface area (Å²) in [7, 11) is 0. The molecular weight excluding hydrogens is 136 g/mol. The molecule has 2 fully saturated rings. The first-order valence-electron chi connectivity index (χ1n) is 4.87. The Morgan fingerprint density at radius 2 is 1.55 bits per heavy atom. The molecule has 0 saturated heterocycles. The first-order chi connectivity index (χ1) is 5.33. The molecule has 0 aromatic carbocycles. The highest BCUT2D eigenvalue weighted by Gasteiger charge is 2.41. The molecule has 0 heterocycles. The quantitative estimate of drug-likeness (QED) is 0.521. The van der Waals surface area contributed by atoms with Crippen molar-refractivity contribution in [3.8, 4) is 0 Å². The summed E-state index contributed by atoms with van der Waals surface area (Å²) in [5.74, 6) is 0.581. The van der Waals surface area contributed by atoms with Crippen molar-refractivity contribution >= 4 is 5.78 Å². The van der Waals surface area contributed by atoms with Crippen LogP contribution in [-0.4, -0.2) is 5.78 Å². The van der Waals surface area contributed by atoms with E-state index >= 15 is 0 Å². The number of carbonyl (C=O) groups excluding carboxylic acids is 1. The highest BCUT2D eigenvalue weighted by molar-refractivity contribution is 5.86. The summed E-state index contributed by atoms with van der Waals surface area (Å²) in [5.41, 5.74) is 0.193. The van der Waals surface area contributed by atoms with Crippen molar-refractivity contribution in [3.05, 3.63) is 0 Å². The van der Waals surface area contributed by atoms with E-state index in [1.807, 2.05) is 0 Å². The van der Waals surface area contributed by atoms with Crippen LogP contribution in [0.4, 0.5) is 0 Å². The lowest BCUT2D eigenvalue weighted by atomic mass is 9.72. The highest BCUT2D eigenvalue weighted by Crippen LogP contribution is 2.46. The van der Waals surface area contributed by atoms with Crippen molar-refractivity contribution in [2.24, 2.45) is 5.41 Å². The zero-order valence-corrected chi connectivity index (χ0v) is 7.07. The molecule has 0 amide bonds. The SMILES string of the molecule is O=C1CCCC12CCCCC2. The average Bonchev–Trinajstić information content (AvgIpc) is 2.36. The fourth-order valence-electron chi connectivity index (χ4n) is 2.75. The maximum atomic E-state index is 11.6. The van der Waals surface area contributed by atoms with E-state index in [1.165, 1.54) is 44.9 Å². The van der Waals surface area contributed by atoms with Crippen LogP contribution in [0.5, 0.6) is 0 Å². The highest BCUT2D eigenvalue weighted by atomic mass is 16.1. The maximum absolute atomic E-state index is 11.6. The van der Waals surface area contributed by atoms with Crippen LogP contribution in [0, 0.1) is 5.41 Å². The van der Waals surface area contributed by atoms with Gasteiger partial charge in [0.2, 0.25) is 0 Å². The van der Waals surface area contributed by atoms with Gasteiger partial charge in [-0.05, 0) is 25.7 Å². The van der Waals surface area contributed by atoms with E-state index in [9.17, 15) is 4.79 Å². The smallest absolute Gasteiger partial charge is 0.139 e. The molecule has 0 aliphatic heterocycles. The van der Waals surface area contributed by atoms with Gasteiger partial charge >= 0.3 is 0 Å². The summed E-state index contributed by atoms with van der Waals surface area (Å²) in [6.07, 6.45) is 9.59. The van der Waals surface area contributed by atoms with Gasteiger partial charge in [0.1, 0.15) is 5.78 Å². The largest absolute Gasteiger partial charge is 0.299 e.